The van der Waals surface area contributed by atoms with Crippen molar-refractivity contribution in [2.75, 3.05) is 5.32 Å². The Morgan fingerprint density at radius 2 is 1.59 bits per heavy atom. The van der Waals surface area contributed by atoms with Gasteiger partial charge in [0.15, 0.2) is 0 Å². The molecule has 1 amide bonds. The molecule has 5 nitrogen and oxygen atoms in total. The molecule has 0 fully saturated rings. The quantitative estimate of drug-likeness (QED) is 0.658. The van der Waals surface area contributed by atoms with E-state index in [-0.39, 0.29) is 0 Å². The summed E-state index contributed by atoms with van der Waals surface area (Å²) < 4.78 is 7.18. The van der Waals surface area contributed by atoms with Crippen molar-refractivity contribution in [3.8, 4) is 11.1 Å². The number of carbonyl (C=O) groups is 1. The number of nitrogens with one attached hydrogen (secondary N) is 1. The molecule has 0 radical (unpaired) electrons. The lowest BCUT2D eigenvalue weighted by Crippen LogP contribution is -2.27. The van der Waals surface area contributed by atoms with E-state index in [2.05, 4.69) is 10.4 Å². The molecule has 0 saturated heterocycles. The van der Waals surface area contributed by atoms with Crippen LogP contribution in [0.3, 0.4) is 0 Å². The third-order valence-corrected chi connectivity index (χ3v) is 3.71. The number of hydrogen-bond donors (Lipinski definition) is 1. The van der Waals surface area contributed by atoms with Gasteiger partial charge in [0.05, 0.1) is 17.4 Å². The van der Waals surface area contributed by atoms with E-state index in [1.807, 2.05) is 93.7 Å². The summed E-state index contributed by atoms with van der Waals surface area (Å²) in [6.45, 7) is 5.50. The van der Waals surface area contributed by atoms with Crippen LogP contribution in [0.4, 0.5) is 10.5 Å². The van der Waals surface area contributed by atoms with Crippen molar-refractivity contribution in [1.29, 1.82) is 0 Å². The van der Waals surface area contributed by atoms with Gasteiger partial charge in [0.1, 0.15) is 5.60 Å². The van der Waals surface area contributed by atoms with Crippen LogP contribution in [0.1, 0.15) is 20.8 Å². The highest BCUT2D eigenvalue weighted by molar-refractivity contribution is 5.96. The van der Waals surface area contributed by atoms with Crippen molar-refractivity contribution in [2.24, 2.45) is 0 Å². The molecule has 1 N–H and O–H groups in total. The van der Waals surface area contributed by atoms with Crippen molar-refractivity contribution in [3.63, 3.8) is 0 Å². The van der Waals surface area contributed by atoms with E-state index in [0.29, 0.717) is 5.69 Å². The lowest BCUT2D eigenvalue weighted by atomic mass is 10.1. The van der Waals surface area contributed by atoms with E-state index in [4.69, 9.17) is 4.74 Å². The summed E-state index contributed by atoms with van der Waals surface area (Å²) in [7, 11) is 0. The number of amides is 1. The number of rotatable bonds is 2. The first kappa shape index (κ1) is 18.5. The van der Waals surface area contributed by atoms with Crippen LogP contribution in [-0.2, 0) is 4.74 Å². The molecule has 2 heterocycles. The highest BCUT2D eigenvalue weighted by atomic mass is 16.6. The second kappa shape index (κ2) is 7.91. The molecule has 2 aromatic heterocycles. The Bertz CT molecular complexity index is 977. The highest BCUT2D eigenvalue weighted by Crippen LogP contribution is 2.31. The van der Waals surface area contributed by atoms with Crippen LogP contribution >= 0.6 is 0 Å². The van der Waals surface area contributed by atoms with E-state index in [1.165, 1.54) is 0 Å². The van der Waals surface area contributed by atoms with Crippen LogP contribution in [-0.4, -0.2) is 21.3 Å². The summed E-state index contributed by atoms with van der Waals surface area (Å²) in [4.78, 5) is 12.3. The zero-order valence-electron chi connectivity index (χ0n) is 15.7. The fraction of sp³-hybridized carbons (Fsp3) is 0.182. The molecule has 0 aliphatic heterocycles. The van der Waals surface area contributed by atoms with Gasteiger partial charge in [-0.25, -0.2) is 9.31 Å². The van der Waals surface area contributed by atoms with Gasteiger partial charge in [0, 0.05) is 11.8 Å². The maximum absolute atomic E-state index is 12.3. The van der Waals surface area contributed by atoms with Gasteiger partial charge in [-0.3, -0.25) is 5.32 Å². The number of carbonyl (C=O) groups excluding carboxylic acids is 1. The van der Waals surface area contributed by atoms with Gasteiger partial charge in [-0.05, 0) is 38.5 Å². The Hall–Kier alpha value is -3.34. The molecule has 138 valence electrons. The Morgan fingerprint density at radius 3 is 2.22 bits per heavy atom. The highest BCUT2D eigenvalue weighted by Gasteiger charge is 2.19. The molecule has 3 rings (SSSR count). The summed E-state index contributed by atoms with van der Waals surface area (Å²) in [5.41, 5.74) is 2.73. The Labute approximate surface area is 158 Å². The summed E-state index contributed by atoms with van der Waals surface area (Å²) in [6.07, 6.45) is 3.00. The molecule has 0 atom stereocenters. The van der Waals surface area contributed by atoms with Crippen LogP contribution < -0.4 is 5.32 Å². The molecule has 1 aromatic carbocycles. The van der Waals surface area contributed by atoms with Gasteiger partial charge < -0.3 is 4.74 Å². The molecule has 0 aliphatic carbocycles. The van der Waals surface area contributed by atoms with E-state index in [1.54, 1.807) is 10.7 Å². The number of fused-ring (bicyclic) bond motifs is 1. The first-order chi connectivity index (χ1) is 12.9. The van der Waals surface area contributed by atoms with Crippen molar-refractivity contribution in [1.82, 2.24) is 9.61 Å². The third kappa shape index (κ3) is 4.85. The standard InChI is InChI=1S/C22H23N3O2/c1-22(2,3)27-21(26)24-18-16-23-25-15-11-14-19(25)20(18)17-12-9-7-5-4-6-8-10-13-17/h4-16H,1-3H3,(H,24,26). The van der Waals surface area contributed by atoms with Gasteiger partial charge in [-0.2, -0.15) is 5.10 Å². The van der Waals surface area contributed by atoms with Crippen LogP contribution in [0.2, 0.25) is 0 Å². The monoisotopic (exact) mass is 361 g/mol. The van der Waals surface area contributed by atoms with Crippen LogP contribution in [0, 0.1) is 0 Å². The van der Waals surface area contributed by atoms with Gasteiger partial charge in [0.2, 0.25) is 0 Å². The van der Waals surface area contributed by atoms with Crippen LogP contribution in [0.15, 0.2) is 79.1 Å². The topological polar surface area (TPSA) is 55.6 Å². The minimum atomic E-state index is -0.577. The summed E-state index contributed by atoms with van der Waals surface area (Å²) in [5, 5.41) is 7.22. The second-order valence-electron chi connectivity index (χ2n) is 7.03. The number of ether oxygens (including phenoxy) is 1. The largest absolute Gasteiger partial charge is 0.444 e. The zero-order valence-corrected chi connectivity index (χ0v) is 15.7. The smallest absolute Gasteiger partial charge is 0.412 e. The Morgan fingerprint density at radius 1 is 0.963 bits per heavy atom. The molecular formula is C22H23N3O2. The van der Waals surface area contributed by atoms with Gasteiger partial charge in [0.25, 0.3) is 0 Å². The third-order valence-electron chi connectivity index (χ3n) is 3.71. The molecule has 3 aromatic rings. The maximum atomic E-state index is 12.3. The predicted molar refractivity (Wildman–Crippen MR) is 108 cm³/mol. The first-order valence-electron chi connectivity index (χ1n) is 8.79. The van der Waals surface area contributed by atoms with Crippen LogP contribution in [0.5, 0.6) is 0 Å². The average Bonchev–Trinajstić information content (AvgIpc) is 3.06. The summed E-state index contributed by atoms with van der Waals surface area (Å²) in [6, 6.07) is 21.6. The molecule has 5 heteroatoms. The fourth-order valence-corrected chi connectivity index (χ4v) is 2.67. The molecule has 0 spiro atoms. The number of nitrogens with zero attached hydrogens (tertiary/aromatic N) is 2. The molecule has 0 bridgehead atoms. The molecule has 27 heavy (non-hydrogen) atoms. The number of anilines is 1. The number of aromatic nitrogens is 2. The van der Waals surface area contributed by atoms with E-state index in [0.717, 1.165) is 16.6 Å². The number of hydrogen-bond acceptors (Lipinski definition) is 3. The minimum Gasteiger partial charge on any atom is -0.444 e. The molecule has 0 aliphatic rings. The molecule has 0 saturated carbocycles. The minimum absolute atomic E-state index is 0.510. The van der Waals surface area contributed by atoms with Gasteiger partial charge in [-0.1, -0.05) is 54.6 Å². The SMILES string of the molecule is CC(C)(C)OC(=O)Nc1cnn2cccc2c1-c1ccccccccc1. The van der Waals surface area contributed by atoms with Crippen molar-refractivity contribution >= 4 is 17.3 Å². The van der Waals surface area contributed by atoms with E-state index >= 15 is 0 Å². The first-order valence-corrected chi connectivity index (χ1v) is 8.79. The fourth-order valence-electron chi connectivity index (χ4n) is 2.67. The van der Waals surface area contributed by atoms with Crippen LogP contribution in [0.25, 0.3) is 16.6 Å². The lowest BCUT2D eigenvalue weighted by molar-refractivity contribution is 0.0636. The van der Waals surface area contributed by atoms with Crippen molar-refractivity contribution < 1.29 is 9.53 Å². The van der Waals surface area contributed by atoms with Gasteiger partial charge >= 0.3 is 6.09 Å². The molecule has 0 unspecified atom stereocenters. The van der Waals surface area contributed by atoms with Gasteiger partial charge in [-0.15, -0.1) is 0 Å². The van der Waals surface area contributed by atoms with E-state index < -0.39 is 11.7 Å². The van der Waals surface area contributed by atoms with Crippen molar-refractivity contribution in [3.05, 3.63) is 79.1 Å². The molecular weight excluding hydrogens is 338 g/mol. The second-order valence-corrected chi connectivity index (χ2v) is 7.03. The summed E-state index contributed by atoms with van der Waals surface area (Å²) in [5.74, 6) is 0. The summed E-state index contributed by atoms with van der Waals surface area (Å²) >= 11 is 0. The average molecular weight is 361 g/mol. The van der Waals surface area contributed by atoms with Crippen molar-refractivity contribution in [2.45, 2.75) is 26.4 Å². The normalized spacial score (nSPS) is 10.9. The maximum Gasteiger partial charge on any atom is 0.412 e. The lowest BCUT2D eigenvalue weighted by Gasteiger charge is -2.20. The zero-order chi connectivity index (χ0) is 19.3. The predicted octanol–water partition coefficient (Wildman–Crippen LogP) is 5.47. The Balaban J connectivity index is 2.13. The Kier molecular flexibility index (Phi) is 5.41. The van der Waals surface area contributed by atoms with E-state index in [9.17, 15) is 4.79 Å².